The van der Waals surface area contributed by atoms with Gasteiger partial charge in [-0.05, 0) is 42.7 Å². The van der Waals surface area contributed by atoms with Crippen molar-refractivity contribution in [1.29, 1.82) is 0 Å². The third kappa shape index (κ3) is 4.02. The van der Waals surface area contributed by atoms with Gasteiger partial charge < -0.3 is 10.0 Å². The lowest BCUT2D eigenvalue weighted by atomic mass is 10.1. The number of carbonyl (C=O) groups excluding carboxylic acids is 1. The van der Waals surface area contributed by atoms with Crippen LogP contribution in [-0.2, 0) is 17.8 Å². The molecule has 0 saturated heterocycles. The van der Waals surface area contributed by atoms with E-state index in [0.29, 0.717) is 5.56 Å². The van der Waals surface area contributed by atoms with E-state index in [1.807, 2.05) is 0 Å². The molecule has 4 nitrogen and oxygen atoms in total. The molecule has 1 saturated carbocycles. The van der Waals surface area contributed by atoms with E-state index in [1.165, 1.54) is 35.2 Å². The number of rotatable bonds is 6. The summed E-state index contributed by atoms with van der Waals surface area (Å²) in [6.07, 6.45) is 1.60. The van der Waals surface area contributed by atoms with E-state index in [9.17, 15) is 18.4 Å². The smallest absolute Gasteiger partial charge is 0.335 e. The third-order valence-corrected chi connectivity index (χ3v) is 4.23. The Bertz CT molecular complexity index is 798. The summed E-state index contributed by atoms with van der Waals surface area (Å²) in [5, 5.41) is 9.03. The van der Waals surface area contributed by atoms with E-state index in [0.717, 1.165) is 12.8 Å². The molecule has 6 heteroatoms. The van der Waals surface area contributed by atoms with Crippen LogP contribution in [0.2, 0.25) is 0 Å². The van der Waals surface area contributed by atoms with Crippen LogP contribution >= 0.6 is 0 Å². The van der Waals surface area contributed by atoms with Gasteiger partial charge in [0.15, 0.2) is 0 Å². The highest BCUT2D eigenvalue weighted by atomic mass is 19.1. The Labute approximate surface area is 143 Å². The maximum atomic E-state index is 13.9. The fraction of sp³-hybridized carbons (Fsp3) is 0.263. The number of benzene rings is 2. The molecule has 0 bridgehead atoms. The molecule has 2 aromatic carbocycles. The van der Waals surface area contributed by atoms with Gasteiger partial charge >= 0.3 is 5.97 Å². The normalized spacial score (nSPS) is 13.5. The second-order valence-electron chi connectivity index (χ2n) is 6.14. The summed E-state index contributed by atoms with van der Waals surface area (Å²) in [6, 6.07) is 9.74. The Hall–Kier alpha value is -2.76. The van der Waals surface area contributed by atoms with Gasteiger partial charge in [-0.25, -0.2) is 13.6 Å². The van der Waals surface area contributed by atoms with Gasteiger partial charge in [-0.15, -0.1) is 0 Å². The Kier molecular flexibility index (Phi) is 4.79. The molecule has 1 aliphatic carbocycles. The Morgan fingerprint density at radius 1 is 1.08 bits per heavy atom. The first-order valence-corrected chi connectivity index (χ1v) is 8.00. The molecular weight excluding hydrogens is 328 g/mol. The summed E-state index contributed by atoms with van der Waals surface area (Å²) in [5.74, 6) is -2.69. The third-order valence-electron chi connectivity index (χ3n) is 4.23. The predicted octanol–water partition coefficient (Wildman–Crippen LogP) is 3.40. The number of aromatic carboxylic acids is 1. The zero-order chi connectivity index (χ0) is 18.0. The molecule has 1 N–H and O–H groups in total. The zero-order valence-corrected chi connectivity index (χ0v) is 13.4. The highest BCUT2D eigenvalue weighted by molar-refractivity contribution is 5.88. The quantitative estimate of drug-likeness (QED) is 0.873. The summed E-state index contributed by atoms with van der Waals surface area (Å²) in [6.45, 7) is -0.124. The van der Waals surface area contributed by atoms with Gasteiger partial charge in [0.1, 0.15) is 11.6 Å². The van der Waals surface area contributed by atoms with Crippen LogP contribution in [-0.4, -0.2) is 27.9 Å². The standard InChI is InChI=1S/C19H17F2NO3/c20-16-5-2-6-17(21)15(16)11-22(14-7-8-14)18(23)10-12-3-1-4-13(9-12)19(24)25/h1-6,9,14H,7-8,10-11H2,(H,24,25). The van der Waals surface area contributed by atoms with Crippen LogP contribution in [0.1, 0.15) is 34.3 Å². The van der Waals surface area contributed by atoms with Gasteiger partial charge in [-0.3, -0.25) is 4.79 Å². The molecule has 2 aromatic rings. The van der Waals surface area contributed by atoms with E-state index >= 15 is 0 Å². The molecule has 0 aliphatic heterocycles. The maximum absolute atomic E-state index is 13.9. The van der Waals surface area contributed by atoms with Crippen LogP contribution in [0, 0.1) is 11.6 Å². The summed E-state index contributed by atoms with van der Waals surface area (Å²) in [5.41, 5.74) is 0.537. The van der Waals surface area contributed by atoms with Gasteiger partial charge in [0.2, 0.25) is 5.91 Å². The molecular formula is C19H17F2NO3. The SMILES string of the molecule is O=C(O)c1cccc(CC(=O)N(Cc2c(F)cccc2F)C2CC2)c1. The lowest BCUT2D eigenvalue weighted by Crippen LogP contribution is -2.34. The van der Waals surface area contributed by atoms with Gasteiger partial charge in [0.05, 0.1) is 18.5 Å². The number of amides is 1. The van der Waals surface area contributed by atoms with Crippen LogP contribution in [0.25, 0.3) is 0 Å². The molecule has 0 radical (unpaired) electrons. The molecule has 1 fully saturated rings. The molecule has 0 aromatic heterocycles. The van der Waals surface area contributed by atoms with E-state index in [4.69, 9.17) is 5.11 Å². The first kappa shape index (κ1) is 17.1. The second-order valence-corrected chi connectivity index (χ2v) is 6.14. The molecule has 25 heavy (non-hydrogen) atoms. The van der Waals surface area contributed by atoms with Crippen molar-refractivity contribution >= 4 is 11.9 Å². The Morgan fingerprint density at radius 2 is 1.72 bits per heavy atom. The Morgan fingerprint density at radius 3 is 2.32 bits per heavy atom. The fourth-order valence-electron chi connectivity index (χ4n) is 2.75. The van der Waals surface area contributed by atoms with Crippen LogP contribution in [0.15, 0.2) is 42.5 Å². The average Bonchev–Trinajstić information content (AvgIpc) is 3.39. The monoisotopic (exact) mass is 345 g/mol. The number of hydrogen-bond donors (Lipinski definition) is 1. The van der Waals surface area contributed by atoms with E-state index in [-0.39, 0.29) is 36.0 Å². The van der Waals surface area contributed by atoms with Gasteiger partial charge in [-0.1, -0.05) is 18.2 Å². The maximum Gasteiger partial charge on any atom is 0.335 e. The molecule has 1 aliphatic rings. The molecule has 0 spiro atoms. The molecule has 0 unspecified atom stereocenters. The van der Waals surface area contributed by atoms with Crippen LogP contribution in [0.5, 0.6) is 0 Å². The number of hydrogen-bond acceptors (Lipinski definition) is 2. The molecule has 0 heterocycles. The zero-order valence-electron chi connectivity index (χ0n) is 13.4. The lowest BCUT2D eigenvalue weighted by Gasteiger charge is -2.23. The number of halogens is 2. The molecule has 1 amide bonds. The molecule has 0 atom stereocenters. The van der Waals surface area contributed by atoms with Crippen molar-refractivity contribution in [3.05, 3.63) is 70.8 Å². The Balaban J connectivity index is 1.78. The first-order chi connectivity index (χ1) is 12.0. The largest absolute Gasteiger partial charge is 0.478 e. The van der Waals surface area contributed by atoms with E-state index in [1.54, 1.807) is 12.1 Å². The van der Waals surface area contributed by atoms with Gasteiger partial charge in [-0.2, -0.15) is 0 Å². The van der Waals surface area contributed by atoms with Crippen molar-refractivity contribution in [2.45, 2.75) is 31.8 Å². The minimum absolute atomic E-state index is 0.00626. The van der Waals surface area contributed by atoms with Crippen molar-refractivity contribution in [3.8, 4) is 0 Å². The van der Waals surface area contributed by atoms with Crippen molar-refractivity contribution in [1.82, 2.24) is 4.90 Å². The summed E-state index contributed by atoms with van der Waals surface area (Å²) >= 11 is 0. The number of carbonyl (C=O) groups is 2. The first-order valence-electron chi connectivity index (χ1n) is 8.00. The van der Waals surface area contributed by atoms with E-state index in [2.05, 4.69) is 0 Å². The van der Waals surface area contributed by atoms with Crippen LogP contribution < -0.4 is 0 Å². The summed E-state index contributed by atoms with van der Waals surface area (Å²) in [7, 11) is 0. The van der Waals surface area contributed by atoms with Crippen molar-refractivity contribution in [2.24, 2.45) is 0 Å². The van der Waals surface area contributed by atoms with Gasteiger partial charge in [0.25, 0.3) is 0 Å². The average molecular weight is 345 g/mol. The topological polar surface area (TPSA) is 57.6 Å². The second kappa shape index (κ2) is 7.01. The summed E-state index contributed by atoms with van der Waals surface area (Å²) in [4.78, 5) is 25.1. The lowest BCUT2D eigenvalue weighted by molar-refractivity contribution is -0.131. The van der Waals surface area contributed by atoms with Crippen LogP contribution in [0.4, 0.5) is 8.78 Å². The predicted molar refractivity (Wildman–Crippen MR) is 87.0 cm³/mol. The van der Waals surface area contributed by atoms with Gasteiger partial charge in [0, 0.05) is 11.6 Å². The minimum atomic E-state index is -1.07. The molecule has 3 rings (SSSR count). The minimum Gasteiger partial charge on any atom is -0.478 e. The van der Waals surface area contributed by atoms with Crippen molar-refractivity contribution < 1.29 is 23.5 Å². The fourth-order valence-corrected chi connectivity index (χ4v) is 2.75. The van der Waals surface area contributed by atoms with Crippen molar-refractivity contribution in [3.63, 3.8) is 0 Å². The van der Waals surface area contributed by atoms with Crippen molar-refractivity contribution in [2.75, 3.05) is 0 Å². The highest BCUT2D eigenvalue weighted by Crippen LogP contribution is 2.30. The highest BCUT2D eigenvalue weighted by Gasteiger charge is 2.33. The summed E-state index contributed by atoms with van der Waals surface area (Å²) < 4.78 is 27.8. The molecule has 130 valence electrons. The number of carboxylic acids is 1. The number of nitrogens with zero attached hydrogens (tertiary/aromatic N) is 1. The van der Waals surface area contributed by atoms with E-state index < -0.39 is 17.6 Å². The van der Waals surface area contributed by atoms with Crippen LogP contribution in [0.3, 0.4) is 0 Å². The number of carboxylic acid groups (broad SMARTS) is 1.